The Morgan fingerprint density at radius 3 is 2.54 bits per heavy atom. The third-order valence-corrected chi connectivity index (χ3v) is 5.11. The van der Waals surface area contributed by atoms with Crippen LogP contribution in [0.25, 0.3) is 0 Å². The molecule has 24 heavy (non-hydrogen) atoms. The van der Waals surface area contributed by atoms with Gasteiger partial charge in [0, 0.05) is 38.0 Å². The fourth-order valence-corrected chi connectivity index (χ4v) is 3.59. The molecule has 3 rings (SSSR count). The van der Waals surface area contributed by atoms with Crippen molar-refractivity contribution >= 4 is 11.8 Å². The van der Waals surface area contributed by atoms with E-state index in [4.69, 9.17) is 0 Å². The van der Waals surface area contributed by atoms with Crippen molar-refractivity contribution in [2.75, 3.05) is 19.6 Å². The van der Waals surface area contributed by atoms with Gasteiger partial charge in [0.25, 0.3) is 0 Å². The summed E-state index contributed by atoms with van der Waals surface area (Å²) in [6, 6.07) is 10.3. The minimum Gasteiger partial charge on any atom is -0.352 e. The van der Waals surface area contributed by atoms with Crippen LogP contribution in [0.5, 0.6) is 0 Å². The van der Waals surface area contributed by atoms with E-state index in [9.17, 15) is 9.59 Å². The number of nitrogens with zero attached hydrogens (tertiary/aromatic N) is 1. The maximum absolute atomic E-state index is 12.3. The number of piperidine rings is 1. The van der Waals surface area contributed by atoms with Gasteiger partial charge in [-0.1, -0.05) is 30.3 Å². The molecular weight excluding hydrogens is 302 g/mol. The summed E-state index contributed by atoms with van der Waals surface area (Å²) in [6.07, 6.45) is 4.41. The average molecular weight is 329 g/mol. The maximum Gasteiger partial charge on any atom is 0.224 e. The number of amides is 2. The highest BCUT2D eigenvalue weighted by Gasteiger charge is 2.28. The second kappa shape index (κ2) is 8.29. The molecule has 0 saturated carbocycles. The number of rotatable bonds is 5. The van der Waals surface area contributed by atoms with Crippen molar-refractivity contribution in [2.24, 2.45) is 5.92 Å². The molecule has 2 heterocycles. The van der Waals surface area contributed by atoms with Crippen LogP contribution in [0.2, 0.25) is 0 Å². The summed E-state index contributed by atoms with van der Waals surface area (Å²) in [5.41, 5.74) is 1.11. The van der Waals surface area contributed by atoms with E-state index in [1.807, 2.05) is 35.2 Å². The summed E-state index contributed by atoms with van der Waals surface area (Å²) in [4.78, 5) is 26.6. The fraction of sp³-hybridized carbons (Fsp3) is 0.579. The fourth-order valence-electron chi connectivity index (χ4n) is 3.59. The molecule has 5 nitrogen and oxygen atoms in total. The van der Waals surface area contributed by atoms with Gasteiger partial charge in [-0.3, -0.25) is 9.59 Å². The van der Waals surface area contributed by atoms with Crippen LogP contribution in [0.3, 0.4) is 0 Å². The van der Waals surface area contributed by atoms with E-state index in [-0.39, 0.29) is 17.7 Å². The lowest BCUT2D eigenvalue weighted by atomic mass is 9.95. The van der Waals surface area contributed by atoms with E-state index in [0.29, 0.717) is 32.1 Å². The van der Waals surface area contributed by atoms with Gasteiger partial charge < -0.3 is 15.5 Å². The van der Waals surface area contributed by atoms with Gasteiger partial charge >= 0.3 is 0 Å². The van der Waals surface area contributed by atoms with Crippen molar-refractivity contribution in [1.82, 2.24) is 15.5 Å². The van der Waals surface area contributed by atoms with Gasteiger partial charge in [-0.25, -0.2) is 0 Å². The lowest BCUT2D eigenvalue weighted by Crippen LogP contribution is -2.44. The molecule has 1 atom stereocenters. The smallest absolute Gasteiger partial charge is 0.224 e. The molecule has 2 fully saturated rings. The van der Waals surface area contributed by atoms with Crippen LogP contribution >= 0.6 is 0 Å². The molecule has 2 N–H and O–H groups in total. The van der Waals surface area contributed by atoms with Gasteiger partial charge in [-0.05, 0) is 37.8 Å². The van der Waals surface area contributed by atoms with Crippen LogP contribution in [-0.2, 0) is 16.1 Å². The molecule has 1 unspecified atom stereocenters. The first kappa shape index (κ1) is 17.0. The van der Waals surface area contributed by atoms with Gasteiger partial charge in [0.05, 0.1) is 0 Å². The predicted molar refractivity (Wildman–Crippen MR) is 93.2 cm³/mol. The normalized spacial score (nSPS) is 21.7. The molecule has 0 spiro atoms. The number of hydrogen-bond donors (Lipinski definition) is 2. The SMILES string of the molecule is O=C(NCc1ccccc1)C1CCN(C(=O)CC2CCCN2)CC1. The van der Waals surface area contributed by atoms with Gasteiger partial charge in [-0.15, -0.1) is 0 Å². The Hall–Kier alpha value is -1.88. The Kier molecular flexibility index (Phi) is 5.86. The summed E-state index contributed by atoms with van der Waals surface area (Å²) >= 11 is 0. The number of benzene rings is 1. The molecule has 5 heteroatoms. The van der Waals surface area contributed by atoms with Gasteiger partial charge in [0.2, 0.25) is 11.8 Å². The Morgan fingerprint density at radius 2 is 1.88 bits per heavy atom. The second-order valence-corrected chi connectivity index (χ2v) is 6.86. The molecule has 2 amide bonds. The van der Waals surface area contributed by atoms with Crippen LogP contribution in [0.1, 0.15) is 37.7 Å². The summed E-state index contributed by atoms with van der Waals surface area (Å²) in [5.74, 6) is 0.378. The zero-order valence-corrected chi connectivity index (χ0v) is 14.2. The Balaban J connectivity index is 1.39. The quantitative estimate of drug-likeness (QED) is 0.864. The van der Waals surface area contributed by atoms with E-state index >= 15 is 0 Å². The largest absolute Gasteiger partial charge is 0.352 e. The molecule has 0 bridgehead atoms. The Bertz CT molecular complexity index is 547. The number of nitrogens with one attached hydrogen (secondary N) is 2. The first-order chi connectivity index (χ1) is 11.7. The molecular formula is C19H27N3O2. The van der Waals surface area contributed by atoms with Gasteiger partial charge in [-0.2, -0.15) is 0 Å². The zero-order chi connectivity index (χ0) is 16.8. The van der Waals surface area contributed by atoms with Crippen molar-refractivity contribution in [2.45, 2.75) is 44.7 Å². The van der Waals surface area contributed by atoms with Crippen LogP contribution in [0, 0.1) is 5.92 Å². The highest BCUT2D eigenvalue weighted by molar-refractivity contribution is 5.80. The summed E-state index contributed by atoms with van der Waals surface area (Å²) < 4.78 is 0. The molecule has 2 aliphatic heterocycles. The highest BCUT2D eigenvalue weighted by Crippen LogP contribution is 2.19. The van der Waals surface area contributed by atoms with Crippen molar-refractivity contribution in [3.8, 4) is 0 Å². The van der Waals surface area contributed by atoms with Gasteiger partial charge in [0.1, 0.15) is 0 Å². The van der Waals surface area contributed by atoms with Crippen LogP contribution in [-0.4, -0.2) is 42.4 Å². The third-order valence-electron chi connectivity index (χ3n) is 5.11. The van der Waals surface area contributed by atoms with E-state index in [2.05, 4.69) is 10.6 Å². The minimum absolute atomic E-state index is 0.0300. The molecule has 1 aromatic carbocycles. The number of likely N-dealkylation sites (tertiary alicyclic amines) is 1. The van der Waals surface area contributed by atoms with Crippen LogP contribution in [0.15, 0.2) is 30.3 Å². The molecule has 130 valence electrons. The molecule has 0 aliphatic carbocycles. The second-order valence-electron chi connectivity index (χ2n) is 6.86. The third kappa shape index (κ3) is 4.57. The first-order valence-electron chi connectivity index (χ1n) is 9.05. The van der Waals surface area contributed by atoms with E-state index < -0.39 is 0 Å². The number of carbonyl (C=O) groups excluding carboxylic acids is 2. The van der Waals surface area contributed by atoms with E-state index in [1.54, 1.807) is 0 Å². The Labute approximate surface area is 143 Å². The predicted octanol–water partition coefficient (Wildman–Crippen LogP) is 1.68. The molecule has 0 aromatic heterocycles. The van der Waals surface area contributed by atoms with Crippen molar-refractivity contribution < 1.29 is 9.59 Å². The standard InChI is InChI=1S/C19H27N3O2/c23-18(13-17-7-4-10-20-17)22-11-8-16(9-12-22)19(24)21-14-15-5-2-1-3-6-15/h1-3,5-6,16-17,20H,4,7-14H2,(H,21,24). The lowest BCUT2D eigenvalue weighted by Gasteiger charge is -2.32. The van der Waals surface area contributed by atoms with E-state index in [0.717, 1.165) is 31.4 Å². The summed E-state index contributed by atoms with van der Waals surface area (Å²) in [5, 5.41) is 6.39. The zero-order valence-electron chi connectivity index (χ0n) is 14.2. The minimum atomic E-state index is 0.0300. The van der Waals surface area contributed by atoms with Crippen LogP contribution in [0.4, 0.5) is 0 Å². The van der Waals surface area contributed by atoms with Crippen molar-refractivity contribution in [1.29, 1.82) is 0 Å². The number of hydrogen-bond acceptors (Lipinski definition) is 3. The molecule has 0 radical (unpaired) electrons. The summed E-state index contributed by atoms with van der Waals surface area (Å²) in [6.45, 7) is 3.01. The topological polar surface area (TPSA) is 61.4 Å². The van der Waals surface area contributed by atoms with Crippen molar-refractivity contribution in [3.05, 3.63) is 35.9 Å². The summed E-state index contributed by atoms with van der Waals surface area (Å²) in [7, 11) is 0. The Morgan fingerprint density at radius 1 is 1.12 bits per heavy atom. The van der Waals surface area contributed by atoms with Crippen LogP contribution < -0.4 is 10.6 Å². The maximum atomic E-state index is 12.3. The molecule has 2 aliphatic rings. The average Bonchev–Trinajstić information content (AvgIpc) is 3.13. The van der Waals surface area contributed by atoms with E-state index in [1.165, 1.54) is 6.42 Å². The van der Waals surface area contributed by atoms with Crippen molar-refractivity contribution in [3.63, 3.8) is 0 Å². The van der Waals surface area contributed by atoms with Gasteiger partial charge in [0.15, 0.2) is 0 Å². The number of carbonyl (C=O) groups is 2. The molecule has 1 aromatic rings. The highest BCUT2D eigenvalue weighted by atomic mass is 16.2. The first-order valence-corrected chi connectivity index (χ1v) is 9.05. The lowest BCUT2D eigenvalue weighted by molar-refractivity contribution is -0.136. The monoisotopic (exact) mass is 329 g/mol. The molecule has 2 saturated heterocycles.